The number of hydrogen-bond donors (Lipinski definition) is 3. The smallest absolute Gasteiger partial charge is 0.316 e. The minimum Gasteiger partial charge on any atom is -0.352 e. The van der Waals surface area contributed by atoms with Gasteiger partial charge in [0, 0.05) is 7.11 Å². The van der Waals surface area contributed by atoms with E-state index in [1.807, 2.05) is 0 Å². The summed E-state index contributed by atoms with van der Waals surface area (Å²) in [5.74, 6) is 0. The van der Waals surface area contributed by atoms with E-state index in [1.165, 1.54) is 7.11 Å². The Morgan fingerprint density at radius 2 is 1.78 bits per heavy atom. The summed E-state index contributed by atoms with van der Waals surface area (Å²) in [7, 11) is -1.44. The molecule has 0 aromatic rings. The summed E-state index contributed by atoms with van der Waals surface area (Å²) in [6.45, 7) is 0. The largest absolute Gasteiger partial charge is 0.352 e. The Bertz CT molecular complexity index is 101. The number of amides is 2. The predicted molar refractivity (Wildman–Crippen MR) is 32.0 cm³/mol. The molecule has 56 valence electrons. The van der Waals surface area contributed by atoms with Gasteiger partial charge in [-0.2, -0.15) is 0 Å². The lowest BCUT2D eigenvalue weighted by Gasteiger charge is -1.78. The molecule has 1 atom stereocenters. The third-order valence-electron chi connectivity index (χ3n) is 0.175. The molecule has 0 saturated heterocycles. The van der Waals surface area contributed by atoms with Crippen molar-refractivity contribution in [3.05, 3.63) is 0 Å². The van der Waals surface area contributed by atoms with Crippen molar-refractivity contribution in [2.75, 3.05) is 7.11 Å². The number of rotatable bonds is 1. The molecule has 0 aromatic carbocycles. The van der Waals surface area contributed by atoms with Crippen LogP contribution >= 0.6 is 8.25 Å². The molecular weight excluding hydrogens is 147 g/mol. The molecule has 0 saturated carbocycles. The van der Waals surface area contributed by atoms with Crippen molar-refractivity contribution in [3.63, 3.8) is 0 Å². The van der Waals surface area contributed by atoms with Crippen molar-refractivity contribution in [1.82, 2.24) is 0 Å². The van der Waals surface area contributed by atoms with Gasteiger partial charge in [0.1, 0.15) is 0 Å². The summed E-state index contributed by atoms with van der Waals surface area (Å²) in [5.41, 5.74) is 8.50. The van der Waals surface area contributed by atoms with E-state index in [9.17, 15) is 4.57 Å². The van der Waals surface area contributed by atoms with Gasteiger partial charge in [0.15, 0.2) is 0 Å². The van der Waals surface area contributed by atoms with Crippen LogP contribution in [0, 0.1) is 0 Å². The van der Waals surface area contributed by atoms with Crippen molar-refractivity contribution < 1.29 is 18.8 Å². The van der Waals surface area contributed by atoms with Crippen LogP contribution in [0.5, 0.6) is 0 Å². The van der Waals surface area contributed by atoms with Gasteiger partial charge < -0.3 is 20.9 Å². The van der Waals surface area contributed by atoms with Crippen molar-refractivity contribution in [2.45, 2.75) is 0 Å². The first kappa shape index (κ1) is 11.2. The Morgan fingerprint density at radius 1 is 1.67 bits per heavy atom. The van der Waals surface area contributed by atoms with Gasteiger partial charge in [0.05, 0.1) is 0 Å². The molecule has 1 unspecified atom stereocenters. The molecule has 0 heterocycles. The fraction of sp³-hybridized carbons (Fsp3) is 0.500. The van der Waals surface area contributed by atoms with Crippen molar-refractivity contribution in [3.8, 4) is 0 Å². The Labute approximate surface area is 52.7 Å². The van der Waals surface area contributed by atoms with Crippen LogP contribution in [0.1, 0.15) is 0 Å². The zero-order valence-corrected chi connectivity index (χ0v) is 5.83. The highest BCUT2D eigenvalue weighted by Crippen LogP contribution is 2.09. The lowest BCUT2D eigenvalue weighted by molar-refractivity contribution is 0.256. The van der Waals surface area contributed by atoms with E-state index < -0.39 is 14.3 Å². The van der Waals surface area contributed by atoms with Gasteiger partial charge in [-0.05, 0) is 0 Å². The van der Waals surface area contributed by atoms with Crippen LogP contribution in [-0.2, 0) is 9.09 Å². The van der Waals surface area contributed by atoms with E-state index in [-0.39, 0.29) is 0 Å². The van der Waals surface area contributed by atoms with Crippen molar-refractivity contribution in [2.24, 2.45) is 11.5 Å². The zero-order chi connectivity index (χ0) is 7.86. The van der Waals surface area contributed by atoms with Crippen LogP contribution in [0.4, 0.5) is 4.79 Å². The van der Waals surface area contributed by atoms with E-state index in [0.717, 1.165) is 0 Å². The zero-order valence-electron chi connectivity index (χ0n) is 4.83. The lowest BCUT2D eigenvalue weighted by Crippen LogP contribution is -2.18. The molecule has 0 radical (unpaired) electrons. The molecule has 0 fully saturated rings. The van der Waals surface area contributed by atoms with Crippen molar-refractivity contribution in [1.29, 1.82) is 0 Å². The maximum Gasteiger partial charge on any atom is 0.316 e. The Kier molecular flexibility index (Phi) is 9.27. The lowest BCUT2D eigenvalue weighted by atomic mass is 11.2. The maximum atomic E-state index is 9.33. The Balaban J connectivity index is 0. The molecule has 5 N–H and O–H groups in total. The SMILES string of the molecule is CO[PH](=O)O.NC(N)=O. The second-order valence-electron chi connectivity index (χ2n) is 0.872. The monoisotopic (exact) mass is 156 g/mol. The molecule has 0 bridgehead atoms. The third kappa shape index (κ3) is 108. The van der Waals surface area contributed by atoms with E-state index in [2.05, 4.69) is 16.0 Å². The van der Waals surface area contributed by atoms with Crippen molar-refractivity contribution >= 4 is 14.3 Å². The van der Waals surface area contributed by atoms with Gasteiger partial charge >= 0.3 is 14.3 Å². The molecule has 7 heteroatoms. The fourth-order valence-electron chi connectivity index (χ4n) is 0. The average molecular weight is 156 g/mol. The first-order valence-corrected chi connectivity index (χ1v) is 3.09. The standard InChI is InChI=1S/CH4N2O.CH5O3P/c2-1(3)4;1-4-5(2)3/h(H4,2,3,4);5H,1H3,(H,2,3). The summed E-state index contributed by atoms with van der Waals surface area (Å²) in [6, 6.07) is -0.833. The highest BCUT2D eigenvalue weighted by atomic mass is 31.1. The maximum absolute atomic E-state index is 9.33. The van der Waals surface area contributed by atoms with Crippen LogP contribution in [0.15, 0.2) is 0 Å². The number of carbonyl (C=O) groups is 1. The molecule has 0 spiro atoms. The van der Waals surface area contributed by atoms with Crippen LogP contribution in [0.3, 0.4) is 0 Å². The van der Waals surface area contributed by atoms with Gasteiger partial charge in [-0.3, -0.25) is 4.57 Å². The number of urea groups is 1. The first-order valence-electron chi connectivity index (χ1n) is 1.82. The second kappa shape index (κ2) is 7.42. The molecule has 6 nitrogen and oxygen atoms in total. The van der Waals surface area contributed by atoms with Gasteiger partial charge in [0.25, 0.3) is 0 Å². The fourth-order valence-corrected chi connectivity index (χ4v) is 0. The van der Waals surface area contributed by atoms with Crippen LogP contribution < -0.4 is 11.5 Å². The third-order valence-corrected chi connectivity index (χ3v) is 0.524. The quantitative estimate of drug-likeness (QED) is 0.424. The molecular formula is C2H9N2O4P. The van der Waals surface area contributed by atoms with Gasteiger partial charge in [0.2, 0.25) is 0 Å². The summed E-state index contributed by atoms with van der Waals surface area (Å²) in [6.07, 6.45) is 0. The number of nitrogens with two attached hydrogens (primary N) is 2. The topological polar surface area (TPSA) is 116 Å². The van der Waals surface area contributed by atoms with Crippen LogP contribution in [0.2, 0.25) is 0 Å². The average Bonchev–Trinajstić information content (AvgIpc) is 1.65. The Morgan fingerprint density at radius 3 is 1.78 bits per heavy atom. The molecule has 0 aromatic heterocycles. The highest BCUT2D eigenvalue weighted by molar-refractivity contribution is 7.32. The summed E-state index contributed by atoms with van der Waals surface area (Å²) >= 11 is 0. The predicted octanol–water partition coefficient (Wildman–Crippen LogP) is -0.961. The van der Waals surface area contributed by atoms with Crippen LogP contribution in [0.25, 0.3) is 0 Å². The van der Waals surface area contributed by atoms with Gasteiger partial charge in [-0.1, -0.05) is 0 Å². The highest BCUT2D eigenvalue weighted by Gasteiger charge is 1.74. The van der Waals surface area contributed by atoms with E-state index in [1.54, 1.807) is 0 Å². The van der Waals surface area contributed by atoms with Gasteiger partial charge in [-0.25, -0.2) is 4.79 Å². The summed E-state index contributed by atoms with van der Waals surface area (Å²) in [4.78, 5) is 16.7. The van der Waals surface area contributed by atoms with Gasteiger partial charge in [-0.15, -0.1) is 0 Å². The minimum atomic E-state index is -2.62. The normalized spacial score (nSPS) is 10.9. The van der Waals surface area contributed by atoms with E-state index in [0.29, 0.717) is 0 Å². The first-order chi connectivity index (χ1) is 4.00. The molecule has 9 heavy (non-hydrogen) atoms. The molecule has 0 aliphatic heterocycles. The number of hydrogen-bond acceptors (Lipinski definition) is 3. The molecule has 0 aliphatic carbocycles. The Hall–Kier alpha value is -0.580. The molecule has 0 aliphatic rings. The number of primary amides is 2. The summed E-state index contributed by atoms with van der Waals surface area (Å²) in [5, 5.41) is 0. The molecule has 2 amide bonds. The van der Waals surface area contributed by atoms with E-state index >= 15 is 0 Å². The molecule has 0 rings (SSSR count). The minimum absolute atomic E-state index is 0.833. The van der Waals surface area contributed by atoms with Crippen LogP contribution in [-0.4, -0.2) is 18.0 Å². The number of carbonyl (C=O) groups excluding carboxylic acids is 1. The summed E-state index contributed by atoms with van der Waals surface area (Å²) < 4.78 is 13.2. The van der Waals surface area contributed by atoms with E-state index in [4.69, 9.17) is 9.69 Å². The second-order valence-corrected chi connectivity index (χ2v) is 1.81.